The third-order valence-corrected chi connectivity index (χ3v) is 4.88. The zero-order valence-corrected chi connectivity index (χ0v) is 14.8. The maximum Gasteiger partial charge on any atom is 0.243 e. The Hall–Kier alpha value is -1.59. The number of hydrogen-bond acceptors (Lipinski definition) is 3. The number of rotatable bonds is 6. The molecule has 1 saturated carbocycles. The molecule has 3 rings (SSSR count). The molecule has 2 unspecified atom stereocenters. The maximum atomic E-state index is 12.6. The van der Waals surface area contributed by atoms with E-state index in [1.807, 2.05) is 31.2 Å². The van der Waals surface area contributed by atoms with Gasteiger partial charge in [-0.3, -0.25) is 9.59 Å². The van der Waals surface area contributed by atoms with Gasteiger partial charge in [0.1, 0.15) is 6.04 Å². The summed E-state index contributed by atoms with van der Waals surface area (Å²) in [5.74, 6) is 0.526. The lowest BCUT2D eigenvalue weighted by Crippen LogP contribution is -2.50. The van der Waals surface area contributed by atoms with E-state index in [4.69, 9.17) is 5.73 Å². The molecule has 1 aliphatic heterocycles. The summed E-state index contributed by atoms with van der Waals surface area (Å²) in [6.45, 7) is 2.99. The fourth-order valence-electron chi connectivity index (χ4n) is 3.24. The van der Waals surface area contributed by atoms with Crippen LogP contribution in [-0.4, -0.2) is 35.3 Å². The van der Waals surface area contributed by atoms with Gasteiger partial charge in [0.15, 0.2) is 0 Å². The van der Waals surface area contributed by atoms with Gasteiger partial charge in [0.2, 0.25) is 11.8 Å². The van der Waals surface area contributed by atoms with E-state index in [2.05, 4.69) is 5.32 Å². The predicted octanol–water partition coefficient (Wildman–Crippen LogP) is 1.76. The van der Waals surface area contributed by atoms with E-state index in [1.54, 1.807) is 4.90 Å². The normalized spacial score (nSPS) is 21.3. The summed E-state index contributed by atoms with van der Waals surface area (Å²) in [5, 5.41) is 3.06. The first-order valence-corrected chi connectivity index (χ1v) is 8.44. The van der Waals surface area contributed by atoms with Crippen LogP contribution < -0.4 is 11.1 Å². The van der Waals surface area contributed by atoms with Crippen molar-refractivity contribution in [1.82, 2.24) is 10.2 Å². The van der Waals surface area contributed by atoms with Gasteiger partial charge in [-0.1, -0.05) is 29.8 Å². The van der Waals surface area contributed by atoms with E-state index in [9.17, 15) is 9.59 Å². The topological polar surface area (TPSA) is 75.4 Å². The van der Waals surface area contributed by atoms with Crippen LogP contribution in [0.4, 0.5) is 0 Å². The van der Waals surface area contributed by atoms with Gasteiger partial charge in [0.05, 0.1) is 0 Å². The van der Waals surface area contributed by atoms with E-state index >= 15 is 0 Å². The first kappa shape index (κ1) is 18.7. The van der Waals surface area contributed by atoms with E-state index < -0.39 is 0 Å². The zero-order chi connectivity index (χ0) is 16.4. The SMILES string of the molecule is Cc1ccc(CN2C(=O)CCC2C(=O)NC(CN)C2CC2)cc1.Cl. The molecule has 2 fully saturated rings. The van der Waals surface area contributed by atoms with Crippen molar-refractivity contribution in [2.45, 2.75) is 51.2 Å². The van der Waals surface area contributed by atoms with E-state index in [-0.39, 0.29) is 36.3 Å². The maximum absolute atomic E-state index is 12.6. The molecule has 0 aromatic heterocycles. The lowest BCUT2D eigenvalue weighted by atomic mass is 10.1. The van der Waals surface area contributed by atoms with Crippen molar-refractivity contribution >= 4 is 24.2 Å². The van der Waals surface area contributed by atoms with Crippen molar-refractivity contribution < 1.29 is 9.59 Å². The molecular weight excluding hydrogens is 326 g/mol. The fraction of sp³-hybridized carbons (Fsp3) is 0.556. The minimum absolute atomic E-state index is 0. The number of carbonyl (C=O) groups is 2. The molecule has 3 N–H and O–H groups in total. The Kier molecular flexibility index (Phi) is 6.24. The number of halogens is 1. The van der Waals surface area contributed by atoms with Crippen molar-refractivity contribution in [2.24, 2.45) is 11.7 Å². The molecule has 0 spiro atoms. The van der Waals surface area contributed by atoms with Gasteiger partial charge in [0.25, 0.3) is 0 Å². The van der Waals surface area contributed by atoms with Crippen LogP contribution in [0.15, 0.2) is 24.3 Å². The number of carbonyl (C=O) groups excluding carboxylic acids is 2. The second kappa shape index (κ2) is 7.99. The predicted molar refractivity (Wildman–Crippen MR) is 95.7 cm³/mol. The molecule has 132 valence electrons. The molecule has 2 atom stereocenters. The summed E-state index contributed by atoms with van der Waals surface area (Å²) in [7, 11) is 0. The van der Waals surface area contributed by atoms with Crippen LogP contribution in [0.25, 0.3) is 0 Å². The number of nitrogens with one attached hydrogen (secondary N) is 1. The quantitative estimate of drug-likeness (QED) is 0.820. The highest BCUT2D eigenvalue weighted by Crippen LogP contribution is 2.32. The summed E-state index contributed by atoms with van der Waals surface area (Å²) in [4.78, 5) is 26.5. The largest absolute Gasteiger partial charge is 0.350 e. The van der Waals surface area contributed by atoms with Crippen molar-refractivity contribution in [1.29, 1.82) is 0 Å². The lowest BCUT2D eigenvalue weighted by molar-refractivity contribution is -0.136. The van der Waals surface area contributed by atoms with Gasteiger partial charge in [-0.25, -0.2) is 0 Å². The molecule has 1 aromatic carbocycles. The molecular formula is C18H26ClN3O2. The molecule has 1 heterocycles. The van der Waals surface area contributed by atoms with E-state index in [0.717, 1.165) is 18.4 Å². The molecule has 1 aromatic rings. The number of hydrogen-bond donors (Lipinski definition) is 2. The Morgan fingerprint density at radius 3 is 2.54 bits per heavy atom. The smallest absolute Gasteiger partial charge is 0.243 e. The Labute approximate surface area is 149 Å². The molecule has 0 radical (unpaired) electrons. The van der Waals surface area contributed by atoms with Crippen molar-refractivity contribution in [3.8, 4) is 0 Å². The number of nitrogens with two attached hydrogens (primary N) is 1. The highest BCUT2D eigenvalue weighted by molar-refractivity contribution is 5.91. The van der Waals surface area contributed by atoms with Gasteiger partial charge >= 0.3 is 0 Å². The van der Waals surface area contributed by atoms with Crippen LogP contribution in [0.1, 0.15) is 36.8 Å². The third kappa shape index (κ3) is 4.28. The molecule has 1 saturated heterocycles. The third-order valence-electron chi connectivity index (χ3n) is 4.88. The van der Waals surface area contributed by atoms with Crippen LogP contribution in [0, 0.1) is 12.8 Å². The number of likely N-dealkylation sites (tertiary alicyclic amines) is 1. The molecule has 1 aliphatic carbocycles. The van der Waals surface area contributed by atoms with Gasteiger partial charge in [-0.2, -0.15) is 0 Å². The van der Waals surface area contributed by atoms with Crippen LogP contribution in [0.5, 0.6) is 0 Å². The zero-order valence-electron chi connectivity index (χ0n) is 14.0. The number of amides is 2. The van der Waals surface area contributed by atoms with Crippen LogP contribution in [-0.2, 0) is 16.1 Å². The monoisotopic (exact) mass is 351 g/mol. The summed E-state index contributed by atoms with van der Waals surface area (Å²) in [5.41, 5.74) is 8.01. The molecule has 5 nitrogen and oxygen atoms in total. The summed E-state index contributed by atoms with van der Waals surface area (Å²) >= 11 is 0. The Morgan fingerprint density at radius 2 is 1.96 bits per heavy atom. The number of aryl methyl sites for hydroxylation is 1. The molecule has 0 bridgehead atoms. The molecule has 6 heteroatoms. The highest BCUT2D eigenvalue weighted by atomic mass is 35.5. The van der Waals surface area contributed by atoms with Crippen LogP contribution >= 0.6 is 12.4 Å². The van der Waals surface area contributed by atoms with Crippen molar-refractivity contribution in [3.63, 3.8) is 0 Å². The van der Waals surface area contributed by atoms with Crippen molar-refractivity contribution in [2.75, 3.05) is 6.54 Å². The van der Waals surface area contributed by atoms with Gasteiger partial charge in [-0.15, -0.1) is 12.4 Å². The minimum Gasteiger partial charge on any atom is -0.350 e. The van der Waals surface area contributed by atoms with Crippen LogP contribution in [0.2, 0.25) is 0 Å². The van der Waals surface area contributed by atoms with E-state index in [1.165, 1.54) is 5.56 Å². The number of nitrogens with zero attached hydrogens (tertiary/aromatic N) is 1. The summed E-state index contributed by atoms with van der Waals surface area (Å²) in [6.07, 6.45) is 3.32. The minimum atomic E-state index is -0.364. The highest BCUT2D eigenvalue weighted by Gasteiger charge is 2.38. The van der Waals surface area contributed by atoms with Gasteiger partial charge in [0, 0.05) is 25.6 Å². The Bertz CT molecular complexity index is 586. The van der Waals surface area contributed by atoms with Crippen LogP contribution in [0.3, 0.4) is 0 Å². The second-order valence-corrected chi connectivity index (χ2v) is 6.75. The lowest BCUT2D eigenvalue weighted by Gasteiger charge is -2.26. The van der Waals surface area contributed by atoms with Gasteiger partial charge < -0.3 is 16.0 Å². The average molecular weight is 352 g/mol. The number of benzene rings is 1. The molecule has 2 amide bonds. The van der Waals surface area contributed by atoms with E-state index in [0.29, 0.717) is 31.8 Å². The first-order valence-electron chi connectivity index (χ1n) is 8.44. The molecule has 2 aliphatic rings. The van der Waals surface area contributed by atoms with Gasteiger partial charge in [-0.05, 0) is 37.7 Å². The summed E-state index contributed by atoms with van der Waals surface area (Å²) < 4.78 is 0. The first-order chi connectivity index (χ1) is 11.1. The van der Waals surface area contributed by atoms with Crippen molar-refractivity contribution in [3.05, 3.63) is 35.4 Å². The Morgan fingerprint density at radius 1 is 1.29 bits per heavy atom. The fourth-order valence-corrected chi connectivity index (χ4v) is 3.24. The average Bonchev–Trinajstić information content (AvgIpc) is 3.32. The standard InChI is InChI=1S/C18H25N3O2.ClH/c1-12-2-4-13(5-3-12)11-21-16(8-9-17(21)22)18(23)20-15(10-19)14-6-7-14;/h2-5,14-16H,6-11,19H2,1H3,(H,20,23);1H. The molecule has 24 heavy (non-hydrogen) atoms. The second-order valence-electron chi connectivity index (χ2n) is 6.75. The Balaban J connectivity index is 0.00000208. The summed E-state index contributed by atoms with van der Waals surface area (Å²) in [6, 6.07) is 7.78.